The summed E-state index contributed by atoms with van der Waals surface area (Å²) >= 11 is 0. The van der Waals surface area contributed by atoms with Crippen molar-refractivity contribution < 1.29 is 0 Å². The topological polar surface area (TPSA) is 28.7 Å². The van der Waals surface area contributed by atoms with Crippen molar-refractivity contribution in [3.05, 3.63) is 53.1 Å². The maximum Gasteiger partial charge on any atom is 0.138 e. The van der Waals surface area contributed by atoms with Gasteiger partial charge in [-0.2, -0.15) is 0 Å². The first kappa shape index (κ1) is 10.8. The van der Waals surface area contributed by atoms with E-state index in [4.69, 9.17) is 4.98 Å². The number of aryl methyl sites for hydroxylation is 3. The summed E-state index contributed by atoms with van der Waals surface area (Å²) in [5.74, 6) is 0.985. The lowest BCUT2D eigenvalue weighted by molar-refractivity contribution is 0.912. The van der Waals surface area contributed by atoms with Crippen LogP contribution in [0.3, 0.4) is 0 Å². The summed E-state index contributed by atoms with van der Waals surface area (Å²) < 4.78 is 0. The van der Waals surface area contributed by atoms with E-state index < -0.39 is 0 Å². The minimum Gasteiger partial charge on any atom is -0.338 e. The summed E-state index contributed by atoms with van der Waals surface area (Å²) in [6, 6.07) is 13.0. The van der Waals surface area contributed by atoms with Crippen LogP contribution in [0.25, 0.3) is 22.4 Å². The molecule has 0 radical (unpaired) electrons. The van der Waals surface area contributed by atoms with E-state index in [1.165, 1.54) is 41.5 Å². The van der Waals surface area contributed by atoms with Crippen molar-refractivity contribution in [1.82, 2.24) is 9.97 Å². The first-order chi connectivity index (χ1) is 9.31. The van der Waals surface area contributed by atoms with Gasteiger partial charge >= 0.3 is 0 Å². The Kier molecular flexibility index (Phi) is 2.25. The number of H-pyrrole nitrogens is 1. The Hall–Kier alpha value is -2.09. The predicted octanol–water partition coefficient (Wildman–Crippen LogP) is 4.03. The summed E-state index contributed by atoms with van der Waals surface area (Å²) in [6.07, 6.45) is 3.73. The molecule has 0 saturated carbocycles. The van der Waals surface area contributed by atoms with Gasteiger partial charge in [0, 0.05) is 5.56 Å². The zero-order valence-electron chi connectivity index (χ0n) is 11.0. The first-order valence-corrected chi connectivity index (χ1v) is 6.89. The zero-order chi connectivity index (χ0) is 12.8. The molecule has 94 valence electrons. The molecule has 2 heteroatoms. The van der Waals surface area contributed by atoms with Crippen molar-refractivity contribution >= 4 is 11.0 Å². The lowest BCUT2D eigenvalue weighted by atomic mass is 10.1. The Bertz CT molecular complexity index is 768. The number of hydrogen-bond donors (Lipinski definition) is 1. The van der Waals surface area contributed by atoms with Gasteiger partial charge in [-0.25, -0.2) is 4.98 Å². The van der Waals surface area contributed by atoms with E-state index in [0.717, 1.165) is 16.9 Å². The Balaban J connectivity index is 1.88. The standard InChI is InChI=1S/C17H16N2/c1-11-4-2-7-15-16(11)19-17(18-15)14-9-8-12-5-3-6-13(12)10-14/h2,4,7-10H,3,5-6H2,1H3,(H,18,19). The van der Waals surface area contributed by atoms with Crippen molar-refractivity contribution in [3.63, 3.8) is 0 Å². The number of fused-ring (bicyclic) bond motifs is 2. The molecule has 0 spiro atoms. The van der Waals surface area contributed by atoms with Crippen LogP contribution in [0.2, 0.25) is 0 Å². The fourth-order valence-electron chi connectivity index (χ4n) is 3.03. The van der Waals surface area contributed by atoms with Crippen LogP contribution < -0.4 is 0 Å². The maximum absolute atomic E-state index is 4.75. The van der Waals surface area contributed by atoms with Gasteiger partial charge in [-0.3, -0.25) is 0 Å². The van der Waals surface area contributed by atoms with E-state index in [1.807, 2.05) is 0 Å². The smallest absolute Gasteiger partial charge is 0.138 e. The van der Waals surface area contributed by atoms with E-state index >= 15 is 0 Å². The number of para-hydroxylation sites is 1. The van der Waals surface area contributed by atoms with Crippen molar-refractivity contribution in [2.75, 3.05) is 0 Å². The van der Waals surface area contributed by atoms with Crippen LogP contribution in [0.1, 0.15) is 23.1 Å². The van der Waals surface area contributed by atoms with Gasteiger partial charge in [-0.1, -0.05) is 24.3 Å². The molecule has 0 atom stereocenters. The largest absolute Gasteiger partial charge is 0.338 e. The van der Waals surface area contributed by atoms with Gasteiger partial charge < -0.3 is 4.98 Å². The van der Waals surface area contributed by atoms with Crippen LogP contribution in [0.5, 0.6) is 0 Å². The summed E-state index contributed by atoms with van der Waals surface area (Å²) in [6.45, 7) is 2.11. The highest BCUT2D eigenvalue weighted by atomic mass is 14.9. The number of benzene rings is 2. The second kappa shape index (κ2) is 3.95. The number of aromatic nitrogens is 2. The molecule has 1 aliphatic carbocycles. The van der Waals surface area contributed by atoms with E-state index in [1.54, 1.807) is 0 Å². The third-order valence-corrected chi connectivity index (χ3v) is 4.09. The van der Waals surface area contributed by atoms with Gasteiger partial charge in [-0.05, 0) is 55.0 Å². The molecule has 0 fully saturated rings. The van der Waals surface area contributed by atoms with E-state index in [-0.39, 0.29) is 0 Å². The van der Waals surface area contributed by atoms with Gasteiger partial charge in [-0.15, -0.1) is 0 Å². The Labute approximate surface area is 112 Å². The number of rotatable bonds is 1. The molecule has 1 N–H and O–H groups in total. The maximum atomic E-state index is 4.75. The van der Waals surface area contributed by atoms with Crippen LogP contribution >= 0.6 is 0 Å². The van der Waals surface area contributed by atoms with Crippen molar-refractivity contribution in [2.45, 2.75) is 26.2 Å². The van der Waals surface area contributed by atoms with E-state index in [0.29, 0.717) is 0 Å². The molecule has 0 amide bonds. The van der Waals surface area contributed by atoms with Gasteiger partial charge in [0.1, 0.15) is 5.82 Å². The molecule has 4 rings (SSSR count). The van der Waals surface area contributed by atoms with Gasteiger partial charge in [0.15, 0.2) is 0 Å². The average molecular weight is 248 g/mol. The fourth-order valence-corrected chi connectivity index (χ4v) is 3.03. The molecule has 0 aliphatic heterocycles. The summed E-state index contributed by atoms with van der Waals surface area (Å²) in [7, 11) is 0. The number of aromatic amines is 1. The molecule has 0 bridgehead atoms. The van der Waals surface area contributed by atoms with Crippen molar-refractivity contribution in [3.8, 4) is 11.4 Å². The predicted molar refractivity (Wildman–Crippen MR) is 78.3 cm³/mol. The monoisotopic (exact) mass is 248 g/mol. The lowest BCUT2D eigenvalue weighted by Crippen LogP contribution is -1.86. The summed E-state index contributed by atoms with van der Waals surface area (Å²) in [5, 5.41) is 0. The van der Waals surface area contributed by atoms with Gasteiger partial charge in [0.05, 0.1) is 11.0 Å². The Morgan fingerprint density at radius 1 is 1.05 bits per heavy atom. The molecular weight excluding hydrogens is 232 g/mol. The SMILES string of the molecule is Cc1cccc2[nH]c(-c3ccc4c(c3)CCC4)nc12. The molecule has 19 heavy (non-hydrogen) atoms. The van der Waals surface area contributed by atoms with Crippen LogP contribution in [-0.4, -0.2) is 9.97 Å². The summed E-state index contributed by atoms with van der Waals surface area (Å²) in [4.78, 5) is 8.19. The van der Waals surface area contributed by atoms with E-state index in [2.05, 4.69) is 48.3 Å². The zero-order valence-corrected chi connectivity index (χ0v) is 11.0. The van der Waals surface area contributed by atoms with Crippen LogP contribution in [0.15, 0.2) is 36.4 Å². The van der Waals surface area contributed by atoms with Crippen molar-refractivity contribution in [1.29, 1.82) is 0 Å². The van der Waals surface area contributed by atoms with Gasteiger partial charge in [0.25, 0.3) is 0 Å². The lowest BCUT2D eigenvalue weighted by Gasteiger charge is -2.01. The van der Waals surface area contributed by atoms with Crippen LogP contribution in [-0.2, 0) is 12.8 Å². The molecule has 1 aromatic heterocycles. The van der Waals surface area contributed by atoms with Crippen molar-refractivity contribution in [2.24, 2.45) is 0 Å². The number of nitrogens with zero attached hydrogens (tertiary/aromatic N) is 1. The van der Waals surface area contributed by atoms with Crippen LogP contribution in [0.4, 0.5) is 0 Å². The Morgan fingerprint density at radius 2 is 1.95 bits per heavy atom. The molecule has 2 nitrogen and oxygen atoms in total. The molecule has 2 aromatic carbocycles. The third kappa shape index (κ3) is 1.67. The molecular formula is C17H16N2. The normalized spacial score (nSPS) is 13.9. The second-order valence-corrected chi connectivity index (χ2v) is 5.39. The summed E-state index contributed by atoms with van der Waals surface area (Å²) in [5.41, 5.74) is 7.64. The highest BCUT2D eigenvalue weighted by Gasteiger charge is 2.13. The molecule has 0 saturated heterocycles. The quantitative estimate of drug-likeness (QED) is 0.692. The molecule has 0 unspecified atom stereocenters. The minimum absolute atomic E-state index is 0.985. The van der Waals surface area contributed by atoms with Crippen LogP contribution in [0, 0.1) is 6.92 Å². The number of nitrogens with one attached hydrogen (secondary N) is 1. The molecule has 1 aliphatic rings. The highest BCUT2D eigenvalue weighted by Crippen LogP contribution is 2.28. The third-order valence-electron chi connectivity index (χ3n) is 4.09. The fraction of sp³-hybridized carbons (Fsp3) is 0.235. The minimum atomic E-state index is 0.985. The number of imidazole rings is 1. The molecule has 1 heterocycles. The van der Waals surface area contributed by atoms with E-state index in [9.17, 15) is 0 Å². The molecule has 3 aromatic rings. The Morgan fingerprint density at radius 3 is 2.84 bits per heavy atom. The number of hydrogen-bond acceptors (Lipinski definition) is 1. The highest BCUT2D eigenvalue weighted by molar-refractivity contribution is 5.82. The van der Waals surface area contributed by atoms with Gasteiger partial charge in [0.2, 0.25) is 0 Å². The average Bonchev–Trinajstić information content (AvgIpc) is 3.04. The second-order valence-electron chi connectivity index (χ2n) is 5.39. The first-order valence-electron chi connectivity index (χ1n) is 6.89.